The molecule has 8 atom stereocenters. The number of hydrogen-bond donors (Lipinski definition) is 0. The van der Waals surface area contributed by atoms with E-state index in [4.69, 9.17) is 4.74 Å². The molecule has 4 aliphatic rings. The van der Waals surface area contributed by atoms with Gasteiger partial charge in [-0.2, -0.15) is 0 Å². The number of carbonyl (C=O) groups excluding carboxylic acids is 1. The Morgan fingerprint density at radius 2 is 1.76 bits per heavy atom. The zero-order valence-corrected chi connectivity index (χ0v) is 27.1. The van der Waals surface area contributed by atoms with Crippen LogP contribution in [0.15, 0.2) is 42.0 Å². The summed E-state index contributed by atoms with van der Waals surface area (Å²) in [6.07, 6.45) is 20.3. The first kappa shape index (κ1) is 30.4. The molecule has 0 unspecified atom stereocenters. The average molecular weight is 560 g/mol. The Bertz CT molecular complexity index is 1120. The van der Waals surface area contributed by atoms with Gasteiger partial charge in [-0.05, 0) is 115 Å². The second-order valence-electron chi connectivity index (χ2n) is 15.4. The van der Waals surface area contributed by atoms with Crippen molar-refractivity contribution in [3.63, 3.8) is 0 Å². The number of fused-ring (bicyclic) bond motifs is 5. The van der Waals surface area contributed by atoms with Gasteiger partial charge in [-0.1, -0.05) is 77.7 Å². The summed E-state index contributed by atoms with van der Waals surface area (Å²) < 4.78 is 6.00. The fraction of sp³-hybridized carbons (Fsp3) is 0.711. The first-order chi connectivity index (χ1) is 19.5. The molecular formula is C38H57NO2. The molecule has 0 radical (unpaired) electrons. The van der Waals surface area contributed by atoms with Gasteiger partial charge in [0.1, 0.15) is 6.10 Å². The molecule has 5 rings (SSSR count). The van der Waals surface area contributed by atoms with E-state index in [-0.39, 0.29) is 17.5 Å². The van der Waals surface area contributed by atoms with Crippen molar-refractivity contribution in [2.75, 3.05) is 19.0 Å². The van der Waals surface area contributed by atoms with Gasteiger partial charge in [0, 0.05) is 32.3 Å². The molecule has 1 aromatic rings. The molecule has 0 aromatic heterocycles. The van der Waals surface area contributed by atoms with E-state index in [9.17, 15) is 4.79 Å². The average Bonchev–Trinajstić information content (AvgIpc) is 3.29. The lowest BCUT2D eigenvalue weighted by molar-refractivity contribution is -0.145. The van der Waals surface area contributed by atoms with Gasteiger partial charge in [0.2, 0.25) is 0 Å². The molecule has 3 saturated carbocycles. The number of allylic oxidation sites excluding steroid dienone is 1. The van der Waals surface area contributed by atoms with E-state index >= 15 is 0 Å². The number of benzene rings is 1. The summed E-state index contributed by atoms with van der Waals surface area (Å²) in [5, 5.41) is 0. The number of hydrogen-bond acceptors (Lipinski definition) is 3. The first-order valence-electron chi connectivity index (χ1n) is 16.9. The van der Waals surface area contributed by atoms with Crippen molar-refractivity contribution in [2.45, 2.75) is 111 Å². The third kappa shape index (κ3) is 6.21. The van der Waals surface area contributed by atoms with Crippen molar-refractivity contribution >= 4 is 17.7 Å². The largest absolute Gasteiger partial charge is 0.459 e. The van der Waals surface area contributed by atoms with Crippen LogP contribution in [0.4, 0.5) is 5.69 Å². The van der Waals surface area contributed by atoms with Crippen molar-refractivity contribution in [2.24, 2.45) is 46.3 Å². The minimum Gasteiger partial charge on any atom is -0.459 e. The zero-order valence-electron chi connectivity index (χ0n) is 27.1. The van der Waals surface area contributed by atoms with E-state index in [1.165, 1.54) is 51.4 Å². The first-order valence-corrected chi connectivity index (χ1v) is 16.9. The second kappa shape index (κ2) is 12.3. The fourth-order valence-corrected chi connectivity index (χ4v) is 10.0. The molecule has 0 aliphatic heterocycles. The van der Waals surface area contributed by atoms with Crippen LogP contribution in [-0.2, 0) is 9.53 Å². The van der Waals surface area contributed by atoms with Gasteiger partial charge in [0.25, 0.3) is 0 Å². The standard InChI is InChI=1S/C38H57NO2/c1-26(2)9-8-10-27(3)33-18-19-34-32-17-14-29-25-31(21-23-37(29,4)35(32)22-24-38(33,34)5)41-36(40)20-13-28-11-15-30(16-12-28)39(6)7/h11-16,20,26-27,31-35H,8-10,17-19,21-25H2,1-7H3/b20-13-/t27-,31-,32-,33+,34-,35-,37-,38+/m0/s1. The Morgan fingerprint density at radius 3 is 2.46 bits per heavy atom. The molecule has 1 aromatic carbocycles. The minimum atomic E-state index is -0.211. The molecule has 0 heterocycles. The van der Waals surface area contributed by atoms with E-state index < -0.39 is 0 Å². The summed E-state index contributed by atoms with van der Waals surface area (Å²) in [4.78, 5) is 14.8. The van der Waals surface area contributed by atoms with Gasteiger partial charge in [-0.3, -0.25) is 0 Å². The van der Waals surface area contributed by atoms with Crippen molar-refractivity contribution < 1.29 is 9.53 Å². The minimum absolute atomic E-state index is 0.00977. The van der Waals surface area contributed by atoms with Crippen molar-refractivity contribution in [3.05, 3.63) is 47.6 Å². The molecule has 0 N–H and O–H groups in total. The molecule has 0 saturated heterocycles. The summed E-state index contributed by atoms with van der Waals surface area (Å²) in [5.41, 5.74) is 4.59. The molecule has 0 spiro atoms. The Hall–Kier alpha value is -2.03. The quantitative estimate of drug-likeness (QED) is 0.171. The summed E-state index contributed by atoms with van der Waals surface area (Å²) in [7, 11) is 4.07. The number of nitrogens with zero attached hydrogens (tertiary/aromatic N) is 1. The van der Waals surface area contributed by atoms with Gasteiger partial charge in [0.05, 0.1) is 0 Å². The highest BCUT2D eigenvalue weighted by molar-refractivity contribution is 5.87. The van der Waals surface area contributed by atoms with E-state index in [0.717, 1.165) is 66.0 Å². The van der Waals surface area contributed by atoms with Gasteiger partial charge >= 0.3 is 5.97 Å². The predicted molar refractivity (Wildman–Crippen MR) is 173 cm³/mol. The molecule has 0 bridgehead atoms. The zero-order chi connectivity index (χ0) is 29.4. The topological polar surface area (TPSA) is 29.5 Å². The lowest BCUT2D eigenvalue weighted by atomic mass is 9.47. The Labute approximate surface area is 251 Å². The monoisotopic (exact) mass is 559 g/mol. The van der Waals surface area contributed by atoms with Crippen molar-refractivity contribution in [3.8, 4) is 0 Å². The number of ether oxygens (including phenoxy) is 1. The highest BCUT2D eigenvalue weighted by atomic mass is 16.5. The van der Waals surface area contributed by atoms with Gasteiger partial charge in [-0.25, -0.2) is 4.79 Å². The lowest BCUT2D eigenvalue weighted by Gasteiger charge is -2.58. The van der Waals surface area contributed by atoms with Crippen molar-refractivity contribution in [1.82, 2.24) is 0 Å². The van der Waals surface area contributed by atoms with Crippen LogP contribution in [0.2, 0.25) is 0 Å². The third-order valence-electron chi connectivity index (χ3n) is 12.4. The molecule has 4 aliphatic carbocycles. The predicted octanol–water partition coefficient (Wildman–Crippen LogP) is 9.72. The number of esters is 1. The smallest absolute Gasteiger partial charge is 0.331 e. The molecule has 41 heavy (non-hydrogen) atoms. The number of anilines is 1. The summed E-state index contributed by atoms with van der Waals surface area (Å²) in [6.45, 7) is 12.6. The van der Waals surface area contributed by atoms with E-state index in [1.807, 2.05) is 32.3 Å². The fourth-order valence-electron chi connectivity index (χ4n) is 10.0. The normalized spacial score (nSPS) is 35.4. The van der Waals surface area contributed by atoms with E-state index in [2.05, 4.69) is 57.7 Å². The highest BCUT2D eigenvalue weighted by Crippen LogP contribution is 2.67. The van der Waals surface area contributed by atoms with Crippen LogP contribution in [0, 0.1) is 46.3 Å². The molecule has 3 heteroatoms. The highest BCUT2D eigenvalue weighted by Gasteiger charge is 2.59. The molecular weight excluding hydrogens is 502 g/mol. The second-order valence-corrected chi connectivity index (χ2v) is 15.4. The third-order valence-corrected chi connectivity index (χ3v) is 12.4. The number of carbonyl (C=O) groups is 1. The van der Waals surface area contributed by atoms with Crippen molar-refractivity contribution in [1.29, 1.82) is 0 Å². The molecule has 3 nitrogen and oxygen atoms in total. The van der Waals surface area contributed by atoms with E-state index in [0.29, 0.717) is 5.41 Å². The van der Waals surface area contributed by atoms with E-state index in [1.54, 1.807) is 11.6 Å². The summed E-state index contributed by atoms with van der Waals surface area (Å²) in [6, 6.07) is 8.24. The summed E-state index contributed by atoms with van der Waals surface area (Å²) in [5.74, 6) is 4.93. The Balaban J connectivity index is 1.19. The van der Waals surface area contributed by atoms with Crippen LogP contribution < -0.4 is 4.90 Å². The Morgan fingerprint density at radius 1 is 1.00 bits per heavy atom. The van der Waals surface area contributed by atoms with Crippen LogP contribution in [0.3, 0.4) is 0 Å². The van der Waals surface area contributed by atoms with Crippen LogP contribution in [0.1, 0.15) is 111 Å². The maximum Gasteiger partial charge on any atom is 0.331 e. The van der Waals surface area contributed by atoms with Crippen LogP contribution >= 0.6 is 0 Å². The number of rotatable bonds is 9. The SMILES string of the molecule is CC(C)CCC[C@H](C)[C@H]1CC[C@H]2[C@@H]3CC=C4C[C@@H](OC(=O)/C=C\c5ccc(N(C)C)cc5)CC[C@]4(C)[C@H]3CC[C@]12C. The summed E-state index contributed by atoms with van der Waals surface area (Å²) >= 11 is 0. The van der Waals surface area contributed by atoms with Crippen LogP contribution in [0.5, 0.6) is 0 Å². The van der Waals surface area contributed by atoms with Crippen LogP contribution in [0.25, 0.3) is 6.08 Å². The van der Waals surface area contributed by atoms with Gasteiger partial charge < -0.3 is 9.64 Å². The maximum absolute atomic E-state index is 12.7. The molecule has 0 amide bonds. The molecule has 3 fully saturated rings. The van der Waals surface area contributed by atoms with Gasteiger partial charge in [0.15, 0.2) is 0 Å². The van der Waals surface area contributed by atoms with Crippen LogP contribution in [-0.4, -0.2) is 26.2 Å². The molecule has 226 valence electrons. The Kier molecular flexibility index (Phi) is 9.12. The van der Waals surface area contributed by atoms with Gasteiger partial charge in [-0.15, -0.1) is 0 Å². The maximum atomic E-state index is 12.7. The lowest BCUT2D eigenvalue weighted by Crippen LogP contribution is -2.51.